The highest BCUT2D eigenvalue weighted by Gasteiger charge is 2.49. The van der Waals surface area contributed by atoms with Crippen LogP contribution in [0.4, 0.5) is 0 Å². The summed E-state index contributed by atoms with van der Waals surface area (Å²) in [4.78, 5) is 0. The van der Waals surface area contributed by atoms with Crippen molar-refractivity contribution in [1.82, 2.24) is 0 Å². The molecular formula is C14H18S2. The van der Waals surface area contributed by atoms with Crippen molar-refractivity contribution in [2.45, 2.75) is 30.3 Å². The third-order valence-corrected chi connectivity index (χ3v) is 7.50. The van der Waals surface area contributed by atoms with E-state index in [4.69, 9.17) is 0 Å². The molecule has 16 heavy (non-hydrogen) atoms. The highest BCUT2D eigenvalue weighted by Crippen LogP contribution is 2.62. The second kappa shape index (κ2) is 4.30. The molecular weight excluding hydrogens is 232 g/mol. The topological polar surface area (TPSA) is 0 Å². The van der Waals surface area contributed by atoms with Gasteiger partial charge in [0.15, 0.2) is 0 Å². The largest absolute Gasteiger partial charge is 0.138 e. The van der Waals surface area contributed by atoms with E-state index in [9.17, 15) is 0 Å². The Kier molecular flexibility index (Phi) is 2.97. The Hall–Kier alpha value is -0.0800. The highest BCUT2D eigenvalue weighted by atomic mass is 32.2. The molecule has 1 aromatic carbocycles. The number of benzene rings is 1. The van der Waals surface area contributed by atoms with Crippen LogP contribution in [0.5, 0.6) is 0 Å². The first-order valence-electron chi connectivity index (χ1n) is 6.23. The van der Waals surface area contributed by atoms with Crippen molar-refractivity contribution in [3.8, 4) is 0 Å². The first kappa shape index (κ1) is 11.0. The Balaban J connectivity index is 2.02. The predicted molar refractivity (Wildman–Crippen MR) is 75.1 cm³/mol. The zero-order valence-electron chi connectivity index (χ0n) is 9.74. The van der Waals surface area contributed by atoms with Crippen molar-refractivity contribution < 1.29 is 0 Å². The molecule has 1 aliphatic carbocycles. The van der Waals surface area contributed by atoms with Crippen LogP contribution in [0.3, 0.4) is 0 Å². The Bertz CT molecular complexity index is 380. The van der Waals surface area contributed by atoms with Crippen molar-refractivity contribution in [3.63, 3.8) is 0 Å². The molecule has 0 nitrogen and oxygen atoms in total. The maximum Gasteiger partial charge on any atom is 0.0894 e. The van der Waals surface area contributed by atoms with Crippen LogP contribution in [-0.4, -0.2) is 11.5 Å². The smallest absolute Gasteiger partial charge is 0.0894 e. The summed E-state index contributed by atoms with van der Waals surface area (Å²) in [6.45, 7) is 2.32. The summed E-state index contributed by atoms with van der Waals surface area (Å²) in [5, 5.41) is 0. The number of fused-ring (bicyclic) bond motifs is 2. The first-order valence-corrected chi connectivity index (χ1v) is 8.20. The lowest BCUT2D eigenvalue weighted by Crippen LogP contribution is -2.21. The van der Waals surface area contributed by atoms with Gasteiger partial charge in [-0.3, -0.25) is 0 Å². The fraction of sp³-hybridized carbons (Fsp3) is 0.571. The second-order valence-electron chi connectivity index (χ2n) is 4.71. The molecule has 1 aromatic rings. The van der Waals surface area contributed by atoms with Crippen LogP contribution in [0.2, 0.25) is 0 Å². The number of rotatable bonds is 2. The van der Waals surface area contributed by atoms with Gasteiger partial charge in [0.05, 0.1) is 4.08 Å². The van der Waals surface area contributed by atoms with Crippen molar-refractivity contribution >= 4 is 23.5 Å². The second-order valence-corrected chi connectivity index (χ2v) is 7.65. The average Bonchev–Trinajstić information content (AvgIpc) is 2.89. The Morgan fingerprint density at radius 3 is 2.75 bits per heavy atom. The number of hydrogen-bond acceptors (Lipinski definition) is 2. The van der Waals surface area contributed by atoms with Crippen LogP contribution >= 0.6 is 23.5 Å². The van der Waals surface area contributed by atoms with Gasteiger partial charge in [-0.2, -0.15) is 0 Å². The summed E-state index contributed by atoms with van der Waals surface area (Å²) in [6, 6.07) is 9.13. The van der Waals surface area contributed by atoms with Gasteiger partial charge in [0.25, 0.3) is 0 Å². The molecule has 0 saturated carbocycles. The summed E-state index contributed by atoms with van der Waals surface area (Å²) in [6.07, 6.45) is 4.01. The monoisotopic (exact) mass is 250 g/mol. The van der Waals surface area contributed by atoms with E-state index < -0.39 is 0 Å². The van der Waals surface area contributed by atoms with Crippen molar-refractivity contribution in [2.75, 3.05) is 11.5 Å². The Morgan fingerprint density at radius 2 is 2.00 bits per heavy atom. The molecule has 0 radical (unpaired) electrons. The highest BCUT2D eigenvalue weighted by molar-refractivity contribution is 8.20. The summed E-state index contributed by atoms with van der Waals surface area (Å²) in [5.74, 6) is 3.53. The van der Waals surface area contributed by atoms with E-state index in [2.05, 4.69) is 54.7 Å². The minimum absolute atomic E-state index is 0.423. The van der Waals surface area contributed by atoms with Gasteiger partial charge < -0.3 is 0 Å². The van der Waals surface area contributed by atoms with Crippen LogP contribution < -0.4 is 0 Å². The minimum atomic E-state index is 0.423. The molecule has 86 valence electrons. The molecule has 0 amide bonds. The summed E-state index contributed by atoms with van der Waals surface area (Å²) in [5.41, 5.74) is 3.25. The van der Waals surface area contributed by atoms with Gasteiger partial charge in [0, 0.05) is 11.5 Å². The normalized spacial score (nSPS) is 26.2. The van der Waals surface area contributed by atoms with E-state index in [0.29, 0.717) is 4.08 Å². The third kappa shape index (κ3) is 1.53. The SMILES string of the molecule is CCCC1Cc2ccccc2C12SCCS2. The number of thioether (sulfide) groups is 2. The van der Waals surface area contributed by atoms with E-state index >= 15 is 0 Å². The zero-order chi connectivity index (χ0) is 11.0. The molecule has 0 bridgehead atoms. The van der Waals surface area contributed by atoms with Gasteiger partial charge in [0.1, 0.15) is 0 Å². The van der Waals surface area contributed by atoms with Crippen molar-refractivity contribution in [2.24, 2.45) is 5.92 Å². The fourth-order valence-corrected chi connectivity index (χ4v) is 6.81. The lowest BCUT2D eigenvalue weighted by Gasteiger charge is -2.30. The van der Waals surface area contributed by atoms with Crippen LogP contribution in [-0.2, 0) is 10.5 Å². The maximum atomic E-state index is 2.37. The molecule has 2 aliphatic rings. The molecule has 1 aliphatic heterocycles. The molecule has 1 saturated heterocycles. The van der Waals surface area contributed by atoms with Gasteiger partial charge >= 0.3 is 0 Å². The molecule has 0 N–H and O–H groups in total. The van der Waals surface area contributed by atoms with E-state index in [1.807, 2.05) is 0 Å². The van der Waals surface area contributed by atoms with E-state index in [-0.39, 0.29) is 0 Å². The molecule has 1 heterocycles. The molecule has 1 spiro atoms. The van der Waals surface area contributed by atoms with Gasteiger partial charge in [-0.25, -0.2) is 0 Å². The average molecular weight is 250 g/mol. The van der Waals surface area contributed by atoms with E-state index in [1.165, 1.54) is 30.8 Å². The molecule has 3 rings (SSSR count). The quantitative estimate of drug-likeness (QED) is 0.768. The van der Waals surface area contributed by atoms with Gasteiger partial charge in [-0.05, 0) is 29.9 Å². The zero-order valence-corrected chi connectivity index (χ0v) is 11.4. The molecule has 2 heteroatoms. The Morgan fingerprint density at radius 1 is 1.25 bits per heavy atom. The third-order valence-electron chi connectivity index (χ3n) is 3.75. The van der Waals surface area contributed by atoms with Crippen molar-refractivity contribution in [3.05, 3.63) is 35.4 Å². The summed E-state index contributed by atoms with van der Waals surface area (Å²) >= 11 is 4.41. The van der Waals surface area contributed by atoms with Crippen LogP contribution in [0.1, 0.15) is 30.9 Å². The maximum absolute atomic E-state index is 2.37. The van der Waals surface area contributed by atoms with Gasteiger partial charge in [-0.1, -0.05) is 37.6 Å². The molecule has 1 fully saturated rings. The minimum Gasteiger partial charge on any atom is -0.138 e. The number of hydrogen-bond donors (Lipinski definition) is 0. The van der Waals surface area contributed by atoms with Crippen LogP contribution in [0.15, 0.2) is 24.3 Å². The molecule has 1 atom stereocenters. The van der Waals surface area contributed by atoms with E-state index in [1.54, 1.807) is 11.1 Å². The predicted octanol–water partition coefficient (Wildman–Crippen LogP) is 4.29. The van der Waals surface area contributed by atoms with Crippen LogP contribution in [0.25, 0.3) is 0 Å². The van der Waals surface area contributed by atoms with E-state index in [0.717, 1.165) is 5.92 Å². The lowest BCUT2D eigenvalue weighted by atomic mass is 10.00. The Labute approximate surface area is 107 Å². The van der Waals surface area contributed by atoms with Crippen molar-refractivity contribution in [1.29, 1.82) is 0 Å². The summed E-state index contributed by atoms with van der Waals surface area (Å²) < 4.78 is 0.423. The summed E-state index contributed by atoms with van der Waals surface area (Å²) in [7, 11) is 0. The first-order chi connectivity index (χ1) is 7.87. The molecule has 1 unspecified atom stereocenters. The standard InChI is InChI=1S/C14H18S2/c1-2-5-12-10-11-6-3-4-7-13(11)14(12)15-8-9-16-14/h3-4,6-7,12H,2,5,8-10H2,1H3. The van der Waals surface area contributed by atoms with Gasteiger partial charge in [-0.15, -0.1) is 23.5 Å². The van der Waals surface area contributed by atoms with Gasteiger partial charge in [0.2, 0.25) is 0 Å². The molecule has 0 aromatic heterocycles. The van der Waals surface area contributed by atoms with Crippen LogP contribution in [0, 0.1) is 5.92 Å². The lowest BCUT2D eigenvalue weighted by molar-refractivity contribution is 0.476. The fourth-order valence-electron chi connectivity index (χ4n) is 3.12.